The van der Waals surface area contributed by atoms with Crippen molar-refractivity contribution in [1.29, 1.82) is 0 Å². The number of H-pyrrole nitrogens is 1. The maximum Gasteiger partial charge on any atom is 0.330 e. The maximum absolute atomic E-state index is 11.9. The van der Waals surface area contributed by atoms with Gasteiger partial charge >= 0.3 is 5.69 Å². The minimum atomic E-state index is -1.80. The van der Waals surface area contributed by atoms with Crippen molar-refractivity contribution in [2.75, 3.05) is 6.61 Å². The molecular weight excluding hydrogens is 312 g/mol. The molecule has 2 rings (SSSR count). The van der Waals surface area contributed by atoms with Crippen LogP contribution in [0, 0.1) is 12.8 Å². The number of nitrogens with one attached hydrogen (secondary N) is 1. The summed E-state index contributed by atoms with van der Waals surface area (Å²) in [7, 11) is -1.80. The van der Waals surface area contributed by atoms with Crippen LogP contribution in [0.1, 0.15) is 39.5 Å². The van der Waals surface area contributed by atoms with E-state index in [0.29, 0.717) is 12.2 Å². The van der Waals surface area contributed by atoms with Gasteiger partial charge in [-0.25, -0.2) is 4.79 Å². The summed E-state index contributed by atoms with van der Waals surface area (Å²) < 4.78 is 13.5. The molecule has 0 unspecified atom stereocenters. The SMILES string of the molecule is Cc1cn([C@@H]2O[C@H](CO[Si](C)(C)C(C)(C)C)[C@H]2C)c(=O)[nH]c1=O. The number of hydrogen-bond acceptors (Lipinski definition) is 4. The van der Waals surface area contributed by atoms with Crippen LogP contribution in [0.2, 0.25) is 18.1 Å². The molecule has 23 heavy (non-hydrogen) atoms. The first kappa shape index (κ1) is 18.2. The highest BCUT2D eigenvalue weighted by atomic mass is 28.4. The summed E-state index contributed by atoms with van der Waals surface area (Å²) in [6.07, 6.45) is 1.20. The Kier molecular flexibility index (Phi) is 4.76. The Hall–Kier alpha value is -1.18. The molecule has 0 spiro atoms. The van der Waals surface area contributed by atoms with E-state index in [0.717, 1.165) is 0 Å². The van der Waals surface area contributed by atoms with Crippen LogP contribution in [0.15, 0.2) is 15.8 Å². The topological polar surface area (TPSA) is 73.3 Å². The predicted molar refractivity (Wildman–Crippen MR) is 92.3 cm³/mol. The van der Waals surface area contributed by atoms with Crippen molar-refractivity contribution in [3.05, 3.63) is 32.6 Å². The molecule has 1 aliphatic rings. The van der Waals surface area contributed by atoms with Gasteiger partial charge in [-0.05, 0) is 25.1 Å². The minimum Gasteiger partial charge on any atom is -0.414 e. The van der Waals surface area contributed by atoms with Gasteiger partial charge in [-0.3, -0.25) is 14.3 Å². The third-order valence-electron chi connectivity index (χ3n) is 5.19. The lowest BCUT2D eigenvalue weighted by molar-refractivity contribution is -0.228. The Balaban J connectivity index is 2.02. The molecule has 0 radical (unpaired) electrons. The molecule has 1 aromatic heterocycles. The number of aromatic nitrogens is 2. The quantitative estimate of drug-likeness (QED) is 0.854. The van der Waals surface area contributed by atoms with Crippen LogP contribution in [0.25, 0.3) is 0 Å². The van der Waals surface area contributed by atoms with Gasteiger partial charge in [0.15, 0.2) is 8.32 Å². The van der Waals surface area contributed by atoms with Crippen LogP contribution in [0.4, 0.5) is 0 Å². The van der Waals surface area contributed by atoms with E-state index in [9.17, 15) is 9.59 Å². The average Bonchev–Trinajstić information content (AvgIpc) is 2.41. The zero-order valence-corrected chi connectivity index (χ0v) is 16.1. The highest BCUT2D eigenvalue weighted by Gasteiger charge is 2.44. The van der Waals surface area contributed by atoms with Gasteiger partial charge in [-0.15, -0.1) is 0 Å². The zero-order chi connectivity index (χ0) is 17.6. The van der Waals surface area contributed by atoms with Crippen molar-refractivity contribution in [2.24, 2.45) is 5.92 Å². The third kappa shape index (κ3) is 3.51. The normalized spacial score (nSPS) is 25.3. The highest BCUT2D eigenvalue weighted by molar-refractivity contribution is 6.74. The first-order valence-electron chi connectivity index (χ1n) is 8.05. The Morgan fingerprint density at radius 1 is 1.35 bits per heavy atom. The predicted octanol–water partition coefficient (Wildman–Crippen LogP) is 2.40. The summed E-state index contributed by atoms with van der Waals surface area (Å²) in [5, 5.41) is 0.159. The molecule has 6 nitrogen and oxygen atoms in total. The molecule has 1 aromatic rings. The molecule has 2 heterocycles. The van der Waals surface area contributed by atoms with Gasteiger partial charge in [0, 0.05) is 17.7 Å². The average molecular weight is 340 g/mol. The van der Waals surface area contributed by atoms with Crippen LogP contribution in [0.5, 0.6) is 0 Å². The fraction of sp³-hybridized carbons (Fsp3) is 0.750. The summed E-state index contributed by atoms with van der Waals surface area (Å²) >= 11 is 0. The van der Waals surface area contributed by atoms with Crippen molar-refractivity contribution < 1.29 is 9.16 Å². The van der Waals surface area contributed by atoms with Crippen LogP contribution in [-0.2, 0) is 9.16 Å². The Labute approximate surface area is 138 Å². The van der Waals surface area contributed by atoms with Crippen molar-refractivity contribution in [3.8, 4) is 0 Å². The van der Waals surface area contributed by atoms with E-state index in [1.54, 1.807) is 13.1 Å². The van der Waals surface area contributed by atoms with Crippen molar-refractivity contribution in [3.63, 3.8) is 0 Å². The Morgan fingerprint density at radius 3 is 2.48 bits per heavy atom. The lowest BCUT2D eigenvalue weighted by atomic mass is 9.97. The van der Waals surface area contributed by atoms with Gasteiger partial charge in [-0.1, -0.05) is 27.7 Å². The molecule has 1 fully saturated rings. The molecule has 130 valence electrons. The van der Waals surface area contributed by atoms with Gasteiger partial charge in [0.1, 0.15) is 6.23 Å². The number of hydrogen-bond donors (Lipinski definition) is 1. The fourth-order valence-corrected chi connectivity index (χ4v) is 3.33. The number of ether oxygens (including phenoxy) is 1. The summed E-state index contributed by atoms with van der Waals surface area (Å²) in [6, 6.07) is 0. The molecule has 0 saturated carbocycles. The van der Waals surface area contributed by atoms with E-state index in [2.05, 4.69) is 38.8 Å². The van der Waals surface area contributed by atoms with Crippen molar-refractivity contribution in [1.82, 2.24) is 9.55 Å². The molecule has 0 aliphatic carbocycles. The van der Waals surface area contributed by atoms with E-state index in [1.807, 2.05) is 6.92 Å². The minimum absolute atomic E-state index is 0.0201. The molecule has 3 atom stereocenters. The smallest absolute Gasteiger partial charge is 0.330 e. The molecule has 1 N–H and O–H groups in total. The summed E-state index contributed by atoms with van der Waals surface area (Å²) in [5.74, 6) is 0.155. The summed E-state index contributed by atoms with van der Waals surface area (Å²) in [5.41, 5.74) is -0.279. The van der Waals surface area contributed by atoms with Crippen molar-refractivity contribution in [2.45, 2.75) is 65.1 Å². The van der Waals surface area contributed by atoms with Crippen LogP contribution in [-0.4, -0.2) is 30.6 Å². The summed E-state index contributed by atoms with van der Waals surface area (Å²) in [6.45, 7) is 15.3. The molecular formula is C16H28N2O4Si. The number of aromatic amines is 1. The number of nitrogens with zero attached hydrogens (tertiary/aromatic N) is 1. The first-order valence-corrected chi connectivity index (χ1v) is 11.0. The molecule has 0 bridgehead atoms. The van der Waals surface area contributed by atoms with Gasteiger partial charge in [0.05, 0.1) is 12.7 Å². The standard InChI is InChI=1S/C16H28N2O4Si/c1-10-8-18(15(20)17-13(10)19)14-11(2)12(22-14)9-21-23(6,7)16(3,4)5/h8,11-12,14H,9H2,1-7H3,(H,17,19,20)/t11-,12-,14-/m1/s1. The molecule has 1 saturated heterocycles. The highest BCUT2D eigenvalue weighted by Crippen LogP contribution is 2.40. The zero-order valence-electron chi connectivity index (χ0n) is 15.1. The van der Waals surface area contributed by atoms with Crippen molar-refractivity contribution >= 4 is 8.32 Å². The third-order valence-corrected chi connectivity index (χ3v) is 9.69. The van der Waals surface area contributed by atoms with Crippen LogP contribution >= 0.6 is 0 Å². The van der Waals surface area contributed by atoms with E-state index in [-0.39, 0.29) is 28.8 Å². The first-order chi connectivity index (χ1) is 10.4. The fourth-order valence-electron chi connectivity index (χ4n) is 2.31. The lowest BCUT2D eigenvalue weighted by Gasteiger charge is -2.45. The number of aryl methyl sites for hydroxylation is 1. The van der Waals surface area contributed by atoms with E-state index < -0.39 is 14.0 Å². The Morgan fingerprint density at radius 2 is 1.96 bits per heavy atom. The monoisotopic (exact) mass is 340 g/mol. The van der Waals surface area contributed by atoms with Crippen LogP contribution < -0.4 is 11.2 Å². The summed E-state index contributed by atoms with van der Waals surface area (Å²) in [4.78, 5) is 25.7. The van der Waals surface area contributed by atoms with Crippen LogP contribution in [0.3, 0.4) is 0 Å². The number of rotatable bonds is 4. The molecule has 7 heteroatoms. The van der Waals surface area contributed by atoms with Gasteiger partial charge < -0.3 is 9.16 Å². The maximum atomic E-state index is 11.9. The van der Waals surface area contributed by atoms with E-state index in [1.165, 1.54) is 4.57 Å². The largest absolute Gasteiger partial charge is 0.414 e. The van der Waals surface area contributed by atoms with E-state index in [4.69, 9.17) is 9.16 Å². The second-order valence-corrected chi connectivity index (χ2v) is 12.8. The van der Waals surface area contributed by atoms with E-state index >= 15 is 0 Å². The Bertz CT molecular complexity index is 687. The van der Waals surface area contributed by atoms with Gasteiger partial charge in [-0.2, -0.15) is 0 Å². The molecule has 1 aliphatic heterocycles. The molecule has 0 amide bonds. The second kappa shape index (κ2) is 6.03. The lowest BCUT2D eigenvalue weighted by Crippen LogP contribution is -2.52. The molecule has 0 aromatic carbocycles. The van der Waals surface area contributed by atoms with Gasteiger partial charge in [0.25, 0.3) is 5.56 Å². The second-order valence-electron chi connectivity index (χ2n) is 7.97. The van der Waals surface area contributed by atoms with Gasteiger partial charge in [0.2, 0.25) is 0 Å².